The number of aryl methyl sites for hydroxylation is 1. The Morgan fingerprint density at radius 2 is 1.84 bits per heavy atom. The largest absolute Gasteiger partial charge is 0.342 e. The summed E-state index contributed by atoms with van der Waals surface area (Å²) < 4.78 is 14.3. The second kappa shape index (κ2) is 8.88. The molecule has 2 aliphatic heterocycles. The van der Waals surface area contributed by atoms with Crippen molar-refractivity contribution in [3.63, 3.8) is 0 Å². The molecule has 0 radical (unpaired) electrons. The molecule has 2 atom stereocenters. The fourth-order valence-electron chi connectivity index (χ4n) is 4.35. The van der Waals surface area contributed by atoms with E-state index in [0.717, 1.165) is 17.7 Å². The van der Waals surface area contributed by atoms with Crippen molar-refractivity contribution in [2.75, 3.05) is 29.9 Å². The van der Waals surface area contributed by atoms with Gasteiger partial charge in [-0.15, -0.1) is 0 Å². The highest BCUT2D eigenvalue weighted by molar-refractivity contribution is 6.00. The molecule has 1 N–H and O–H groups in total. The third-order valence-electron chi connectivity index (χ3n) is 6.01. The summed E-state index contributed by atoms with van der Waals surface area (Å²) >= 11 is 0. The molecule has 4 rings (SSSR count). The van der Waals surface area contributed by atoms with Crippen LogP contribution in [-0.2, 0) is 14.4 Å². The van der Waals surface area contributed by atoms with Crippen molar-refractivity contribution in [3.05, 3.63) is 59.9 Å². The van der Waals surface area contributed by atoms with Crippen molar-refractivity contribution < 1.29 is 18.8 Å². The fraction of sp³-hybridized carbons (Fsp3) is 0.375. The molecule has 0 bridgehead atoms. The predicted octanol–water partition coefficient (Wildman–Crippen LogP) is 3.36. The van der Waals surface area contributed by atoms with E-state index in [1.165, 1.54) is 11.0 Å². The Bertz CT molecular complexity index is 995. The average molecular weight is 423 g/mol. The maximum absolute atomic E-state index is 14.3. The van der Waals surface area contributed by atoms with Gasteiger partial charge in [-0.25, -0.2) is 4.39 Å². The SMILES string of the molecule is Cc1ccc(N2CC(C(=O)N3CCCC(C(=O)Nc4ccccc4)C3)CC2=O)c(F)c1. The standard InChI is InChI=1S/C24H26FN3O3/c1-16-9-10-21(20(25)12-16)28-15-18(13-22(28)29)24(31)27-11-5-6-17(14-27)23(30)26-19-7-3-2-4-8-19/h2-4,7-10,12,17-18H,5-6,11,13-15H2,1H3,(H,26,30). The highest BCUT2D eigenvalue weighted by Crippen LogP contribution is 2.30. The number of rotatable bonds is 4. The molecule has 2 aromatic rings. The molecule has 2 fully saturated rings. The van der Waals surface area contributed by atoms with Gasteiger partial charge in [-0.1, -0.05) is 24.3 Å². The Morgan fingerprint density at radius 3 is 2.58 bits per heavy atom. The second-order valence-corrected chi connectivity index (χ2v) is 8.34. The number of carbonyl (C=O) groups is 3. The van der Waals surface area contributed by atoms with Gasteiger partial charge in [0, 0.05) is 31.7 Å². The van der Waals surface area contributed by atoms with Crippen LogP contribution in [0.1, 0.15) is 24.8 Å². The molecule has 2 aromatic carbocycles. The lowest BCUT2D eigenvalue weighted by Gasteiger charge is -2.33. The number of para-hydroxylation sites is 1. The van der Waals surface area contributed by atoms with Crippen LogP contribution in [0.4, 0.5) is 15.8 Å². The first-order valence-corrected chi connectivity index (χ1v) is 10.6. The van der Waals surface area contributed by atoms with Gasteiger partial charge in [-0.05, 0) is 49.6 Å². The van der Waals surface area contributed by atoms with Crippen molar-refractivity contribution in [1.82, 2.24) is 4.90 Å². The Labute approximate surface area is 181 Å². The van der Waals surface area contributed by atoms with E-state index in [0.29, 0.717) is 19.5 Å². The number of anilines is 2. The van der Waals surface area contributed by atoms with Crippen LogP contribution < -0.4 is 10.2 Å². The van der Waals surface area contributed by atoms with Gasteiger partial charge in [0.1, 0.15) is 5.82 Å². The predicted molar refractivity (Wildman–Crippen MR) is 116 cm³/mol. The van der Waals surface area contributed by atoms with Gasteiger partial charge in [-0.3, -0.25) is 14.4 Å². The maximum atomic E-state index is 14.3. The van der Waals surface area contributed by atoms with Crippen molar-refractivity contribution >= 4 is 29.1 Å². The van der Waals surface area contributed by atoms with E-state index < -0.39 is 11.7 Å². The molecule has 7 heteroatoms. The molecule has 2 aliphatic rings. The number of halogens is 1. The van der Waals surface area contributed by atoms with E-state index in [2.05, 4.69) is 5.32 Å². The first-order chi connectivity index (χ1) is 14.9. The summed E-state index contributed by atoms with van der Waals surface area (Å²) in [7, 11) is 0. The first-order valence-electron chi connectivity index (χ1n) is 10.6. The Kier molecular flexibility index (Phi) is 6.02. The van der Waals surface area contributed by atoms with E-state index in [1.54, 1.807) is 24.0 Å². The van der Waals surface area contributed by atoms with Crippen LogP contribution >= 0.6 is 0 Å². The zero-order valence-electron chi connectivity index (χ0n) is 17.5. The summed E-state index contributed by atoms with van der Waals surface area (Å²) in [5, 5.41) is 2.91. The zero-order chi connectivity index (χ0) is 22.0. The van der Waals surface area contributed by atoms with E-state index in [1.807, 2.05) is 30.3 Å². The van der Waals surface area contributed by atoms with Crippen LogP contribution in [0.5, 0.6) is 0 Å². The van der Waals surface area contributed by atoms with E-state index in [4.69, 9.17) is 0 Å². The summed E-state index contributed by atoms with van der Waals surface area (Å²) in [6.45, 7) is 2.85. The highest BCUT2D eigenvalue weighted by Gasteiger charge is 2.39. The lowest BCUT2D eigenvalue weighted by Crippen LogP contribution is -2.46. The molecule has 0 aliphatic carbocycles. The highest BCUT2D eigenvalue weighted by atomic mass is 19.1. The average Bonchev–Trinajstić information content (AvgIpc) is 3.15. The molecule has 0 aromatic heterocycles. The number of hydrogen-bond donors (Lipinski definition) is 1. The van der Waals surface area contributed by atoms with Crippen molar-refractivity contribution in [2.45, 2.75) is 26.2 Å². The van der Waals surface area contributed by atoms with Crippen LogP contribution in [0.25, 0.3) is 0 Å². The Morgan fingerprint density at radius 1 is 1.06 bits per heavy atom. The Balaban J connectivity index is 1.40. The lowest BCUT2D eigenvalue weighted by molar-refractivity contribution is -0.138. The van der Waals surface area contributed by atoms with Gasteiger partial charge in [0.25, 0.3) is 0 Å². The van der Waals surface area contributed by atoms with Gasteiger partial charge in [0.05, 0.1) is 17.5 Å². The number of benzene rings is 2. The van der Waals surface area contributed by atoms with Crippen molar-refractivity contribution in [2.24, 2.45) is 11.8 Å². The van der Waals surface area contributed by atoms with Gasteiger partial charge in [-0.2, -0.15) is 0 Å². The summed E-state index contributed by atoms with van der Waals surface area (Å²) in [5.41, 5.74) is 1.71. The topological polar surface area (TPSA) is 69.7 Å². The number of piperidine rings is 1. The maximum Gasteiger partial charge on any atom is 0.229 e. The van der Waals surface area contributed by atoms with E-state index in [-0.39, 0.29) is 42.3 Å². The number of amides is 3. The molecule has 2 heterocycles. The fourth-order valence-corrected chi connectivity index (χ4v) is 4.35. The molecule has 2 saturated heterocycles. The molecular weight excluding hydrogens is 397 g/mol. The minimum Gasteiger partial charge on any atom is -0.342 e. The number of nitrogens with zero attached hydrogens (tertiary/aromatic N) is 2. The van der Waals surface area contributed by atoms with Crippen LogP contribution in [0.2, 0.25) is 0 Å². The molecule has 31 heavy (non-hydrogen) atoms. The lowest BCUT2D eigenvalue weighted by atomic mass is 9.95. The van der Waals surface area contributed by atoms with Gasteiger partial charge < -0.3 is 15.1 Å². The second-order valence-electron chi connectivity index (χ2n) is 8.34. The summed E-state index contributed by atoms with van der Waals surface area (Å²) in [6, 6.07) is 14.0. The monoisotopic (exact) mass is 423 g/mol. The Hall–Kier alpha value is -3.22. The van der Waals surface area contributed by atoms with Gasteiger partial charge in [0.2, 0.25) is 17.7 Å². The van der Waals surface area contributed by atoms with E-state index in [9.17, 15) is 18.8 Å². The molecule has 3 amide bonds. The number of hydrogen-bond acceptors (Lipinski definition) is 3. The van der Waals surface area contributed by atoms with Crippen LogP contribution in [0.15, 0.2) is 48.5 Å². The number of nitrogens with one attached hydrogen (secondary N) is 1. The summed E-state index contributed by atoms with van der Waals surface area (Å²) in [4.78, 5) is 41.3. The molecule has 0 saturated carbocycles. The van der Waals surface area contributed by atoms with Gasteiger partial charge in [0.15, 0.2) is 0 Å². The third kappa shape index (κ3) is 4.60. The van der Waals surface area contributed by atoms with Gasteiger partial charge >= 0.3 is 0 Å². The third-order valence-corrected chi connectivity index (χ3v) is 6.01. The minimum absolute atomic E-state index is 0.0591. The van der Waals surface area contributed by atoms with Crippen molar-refractivity contribution in [3.8, 4) is 0 Å². The molecule has 6 nitrogen and oxygen atoms in total. The zero-order valence-corrected chi connectivity index (χ0v) is 17.5. The molecule has 2 unspecified atom stereocenters. The summed E-state index contributed by atoms with van der Waals surface area (Å²) in [5.74, 6) is -1.77. The van der Waals surface area contributed by atoms with E-state index >= 15 is 0 Å². The quantitative estimate of drug-likeness (QED) is 0.820. The number of carbonyl (C=O) groups excluding carboxylic acids is 3. The normalized spacial score (nSPS) is 21.3. The number of likely N-dealkylation sites (tertiary alicyclic amines) is 1. The first kappa shape index (κ1) is 21.0. The van der Waals surface area contributed by atoms with Crippen LogP contribution in [-0.4, -0.2) is 42.3 Å². The molecular formula is C24H26FN3O3. The van der Waals surface area contributed by atoms with Crippen LogP contribution in [0, 0.1) is 24.6 Å². The smallest absolute Gasteiger partial charge is 0.229 e. The van der Waals surface area contributed by atoms with Crippen LogP contribution in [0.3, 0.4) is 0 Å². The molecule has 162 valence electrons. The minimum atomic E-state index is -0.524. The van der Waals surface area contributed by atoms with Crippen molar-refractivity contribution in [1.29, 1.82) is 0 Å². The summed E-state index contributed by atoms with van der Waals surface area (Å²) in [6.07, 6.45) is 1.51. The molecule has 0 spiro atoms.